The summed E-state index contributed by atoms with van der Waals surface area (Å²) in [5.74, 6) is 1.41. The molecule has 1 nitrogen and oxygen atoms in total. The van der Waals surface area contributed by atoms with Crippen molar-refractivity contribution in [1.29, 1.82) is 0 Å². The third-order valence-corrected chi connectivity index (χ3v) is 3.23. The van der Waals surface area contributed by atoms with Crippen LogP contribution in [-0.4, -0.2) is 6.61 Å². The lowest BCUT2D eigenvalue weighted by Crippen LogP contribution is -2.05. The van der Waals surface area contributed by atoms with Gasteiger partial charge in [0.05, 0.1) is 15.2 Å². The molecule has 0 saturated heterocycles. The van der Waals surface area contributed by atoms with Crippen molar-refractivity contribution >= 4 is 34.2 Å². The molecule has 0 atom stereocenters. The molecule has 72 valence electrons. The van der Waals surface area contributed by atoms with E-state index in [-0.39, 0.29) is 0 Å². The molecule has 13 heavy (non-hydrogen) atoms. The zero-order valence-electron chi connectivity index (χ0n) is 7.68. The minimum absolute atomic E-state index is 0.537. The van der Waals surface area contributed by atoms with Crippen LogP contribution in [0.15, 0.2) is 18.2 Å². The highest BCUT2D eigenvalue weighted by molar-refractivity contribution is 14.1. The highest BCUT2D eigenvalue weighted by Gasteiger charge is 2.04. The standard InChI is InChI=1S/C10H12ClIO/c1-7(2)6-13-9-5-3-4-8(11)10(9)12/h3-5,7H,6H2,1-2H3. The summed E-state index contributed by atoms with van der Waals surface area (Å²) in [5.41, 5.74) is 0. The molecule has 0 radical (unpaired) electrons. The number of halogens is 2. The fourth-order valence-electron chi connectivity index (χ4n) is 0.852. The Morgan fingerprint density at radius 3 is 2.77 bits per heavy atom. The van der Waals surface area contributed by atoms with Crippen molar-refractivity contribution in [2.75, 3.05) is 6.61 Å². The summed E-state index contributed by atoms with van der Waals surface area (Å²) in [4.78, 5) is 0. The number of benzene rings is 1. The molecular weight excluding hydrogens is 298 g/mol. The van der Waals surface area contributed by atoms with Gasteiger partial charge in [0.25, 0.3) is 0 Å². The van der Waals surface area contributed by atoms with Gasteiger partial charge in [-0.25, -0.2) is 0 Å². The molecule has 3 heteroatoms. The number of hydrogen-bond acceptors (Lipinski definition) is 1. The molecule has 0 unspecified atom stereocenters. The van der Waals surface area contributed by atoms with Gasteiger partial charge in [0.1, 0.15) is 5.75 Å². The summed E-state index contributed by atoms with van der Waals surface area (Å²) in [5, 5.41) is 0.752. The lowest BCUT2D eigenvalue weighted by Gasteiger charge is -2.10. The van der Waals surface area contributed by atoms with Crippen molar-refractivity contribution in [1.82, 2.24) is 0 Å². The lowest BCUT2D eigenvalue weighted by molar-refractivity contribution is 0.269. The molecule has 0 aromatic heterocycles. The summed E-state index contributed by atoms with van der Waals surface area (Å²) in [6, 6.07) is 5.71. The largest absolute Gasteiger partial charge is 0.492 e. The zero-order chi connectivity index (χ0) is 9.84. The minimum atomic E-state index is 0.537. The molecule has 0 heterocycles. The predicted molar refractivity (Wildman–Crippen MR) is 64.5 cm³/mol. The highest BCUT2D eigenvalue weighted by atomic mass is 127. The van der Waals surface area contributed by atoms with Crippen LogP contribution >= 0.6 is 34.2 Å². The summed E-state index contributed by atoms with van der Waals surface area (Å²) >= 11 is 8.14. The molecule has 0 saturated carbocycles. The molecule has 0 aliphatic rings. The van der Waals surface area contributed by atoms with Gasteiger partial charge in [-0.15, -0.1) is 0 Å². The summed E-state index contributed by atoms with van der Waals surface area (Å²) in [7, 11) is 0. The Kier molecular flexibility index (Phi) is 4.32. The van der Waals surface area contributed by atoms with E-state index in [0.29, 0.717) is 5.92 Å². The van der Waals surface area contributed by atoms with E-state index in [4.69, 9.17) is 16.3 Å². The van der Waals surface area contributed by atoms with Gasteiger partial charge in [-0.1, -0.05) is 31.5 Å². The molecule has 0 amide bonds. The predicted octanol–water partition coefficient (Wildman–Crippen LogP) is 3.98. The number of hydrogen-bond donors (Lipinski definition) is 0. The van der Waals surface area contributed by atoms with Gasteiger partial charge in [0, 0.05) is 0 Å². The average molecular weight is 311 g/mol. The van der Waals surface area contributed by atoms with Crippen LogP contribution in [0.1, 0.15) is 13.8 Å². The Morgan fingerprint density at radius 2 is 2.15 bits per heavy atom. The van der Waals surface area contributed by atoms with E-state index in [0.717, 1.165) is 20.9 Å². The number of ether oxygens (including phenoxy) is 1. The second kappa shape index (κ2) is 5.05. The van der Waals surface area contributed by atoms with Gasteiger partial charge in [0.15, 0.2) is 0 Å². The van der Waals surface area contributed by atoms with E-state index in [9.17, 15) is 0 Å². The maximum atomic E-state index is 5.94. The van der Waals surface area contributed by atoms with E-state index in [1.54, 1.807) is 0 Å². The third-order valence-electron chi connectivity index (χ3n) is 1.49. The molecule has 0 N–H and O–H groups in total. The fourth-order valence-corrected chi connectivity index (χ4v) is 1.53. The van der Waals surface area contributed by atoms with Crippen molar-refractivity contribution in [3.8, 4) is 5.75 Å². The molecule has 0 spiro atoms. The Labute approximate surface area is 97.6 Å². The second-order valence-corrected chi connectivity index (χ2v) is 4.74. The van der Waals surface area contributed by atoms with Crippen LogP contribution in [0.4, 0.5) is 0 Å². The summed E-state index contributed by atoms with van der Waals surface area (Å²) in [6.45, 7) is 4.98. The maximum Gasteiger partial charge on any atom is 0.134 e. The lowest BCUT2D eigenvalue weighted by atomic mass is 10.2. The molecule has 0 aliphatic heterocycles. The monoisotopic (exact) mass is 310 g/mol. The first kappa shape index (κ1) is 11.1. The molecule has 1 aromatic rings. The van der Waals surface area contributed by atoms with Crippen molar-refractivity contribution in [3.63, 3.8) is 0 Å². The zero-order valence-corrected chi connectivity index (χ0v) is 10.6. The van der Waals surface area contributed by atoms with Crippen LogP contribution < -0.4 is 4.74 Å². The van der Waals surface area contributed by atoms with Crippen molar-refractivity contribution < 1.29 is 4.74 Å². The smallest absolute Gasteiger partial charge is 0.134 e. The normalized spacial score (nSPS) is 10.5. The van der Waals surface area contributed by atoms with Gasteiger partial charge in [0.2, 0.25) is 0 Å². The Bertz CT molecular complexity index is 286. The van der Waals surface area contributed by atoms with Gasteiger partial charge < -0.3 is 4.74 Å². The first-order valence-corrected chi connectivity index (χ1v) is 5.63. The van der Waals surface area contributed by atoms with Crippen molar-refractivity contribution in [3.05, 3.63) is 26.8 Å². The minimum Gasteiger partial charge on any atom is -0.492 e. The van der Waals surface area contributed by atoms with Gasteiger partial charge >= 0.3 is 0 Å². The van der Waals surface area contributed by atoms with Crippen LogP contribution in [0, 0.1) is 9.49 Å². The Balaban J connectivity index is 2.71. The highest BCUT2D eigenvalue weighted by Crippen LogP contribution is 2.27. The van der Waals surface area contributed by atoms with Crippen LogP contribution in [0.2, 0.25) is 5.02 Å². The topological polar surface area (TPSA) is 9.23 Å². The van der Waals surface area contributed by atoms with Crippen LogP contribution in [0.5, 0.6) is 5.75 Å². The molecular formula is C10H12ClIO. The molecule has 0 aliphatic carbocycles. The van der Waals surface area contributed by atoms with E-state index < -0.39 is 0 Å². The van der Waals surface area contributed by atoms with E-state index in [2.05, 4.69) is 36.4 Å². The van der Waals surface area contributed by atoms with Crippen LogP contribution in [0.3, 0.4) is 0 Å². The van der Waals surface area contributed by atoms with Crippen LogP contribution in [0.25, 0.3) is 0 Å². The van der Waals surface area contributed by atoms with Gasteiger partial charge in [-0.2, -0.15) is 0 Å². The van der Waals surface area contributed by atoms with Crippen LogP contribution in [-0.2, 0) is 0 Å². The third kappa shape index (κ3) is 3.35. The van der Waals surface area contributed by atoms with E-state index in [1.807, 2.05) is 18.2 Å². The maximum absolute atomic E-state index is 5.94. The van der Waals surface area contributed by atoms with Gasteiger partial charge in [-0.05, 0) is 40.6 Å². The summed E-state index contributed by atoms with van der Waals surface area (Å²) in [6.07, 6.45) is 0. The van der Waals surface area contributed by atoms with Crippen molar-refractivity contribution in [2.45, 2.75) is 13.8 Å². The van der Waals surface area contributed by atoms with Gasteiger partial charge in [-0.3, -0.25) is 0 Å². The first-order chi connectivity index (χ1) is 6.11. The molecule has 0 fully saturated rings. The summed E-state index contributed by atoms with van der Waals surface area (Å²) < 4.78 is 6.58. The first-order valence-electron chi connectivity index (χ1n) is 4.18. The van der Waals surface area contributed by atoms with Crippen molar-refractivity contribution in [2.24, 2.45) is 5.92 Å². The Hall–Kier alpha value is 0.0400. The molecule has 1 aromatic carbocycles. The second-order valence-electron chi connectivity index (χ2n) is 3.26. The molecule has 1 rings (SSSR count). The number of rotatable bonds is 3. The Morgan fingerprint density at radius 1 is 1.46 bits per heavy atom. The van der Waals surface area contributed by atoms with E-state index >= 15 is 0 Å². The molecule has 0 bridgehead atoms. The van der Waals surface area contributed by atoms with E-state index in [1.165, 1.54) is 0 Å². The quantitative estimate of drug-likeness (QED) is 0.767. The SMILES string of the molecule is CC(C)COc1cccc(Cl)c1I. The fraction of sp³-hybridized carbons (Fsp3) is 0.400. The average Bonchev–Trinajstić information content (AvgIpc) is 2.07.